The number of pyridine rings is 1. The van der Waals surface area contributed by atoms with Crippen molar-refractivity contribution in [2.24, 2.45) is 9.50 Å². The van der Waals surface area contributed by atoms with Crippen molar-refractivity contribution in [3.8, 4) is 0 Å². The molecule has 2 aromatic carbocycles. The maximum Gasteiger partial charge on any atom is 0.436 e. The number of halogens is 3. The third-order valence-electron chi connectivity index (χ3n) is 7.42. The number of anilines is 1. The number of alkyl halides is 2. The fourth-order valence-electron chi connectivity index (χ4n) is 5.08. The Bertz CT molecular complexity index is 1540. The molecular weight excluding hydrogens is 570 g/mol. The highest BCUT2D eigenvalue weighted by Crippen LogP contribution is 2.35. The van der Waals surface area contributed by atoms with Crippen LogP contribution in [0.3, 0.4) is 0 Å². The largest absolute Gasteiger partial charge is 0.436 e. The van der Waals surface area contributed by atoms with E-state index in [-0.39, 0.29) is 31.0 Å². The second-order valence-electron chi connectivity index (χ2n) is 10.4. The molecule has 12 heteroatoms. The van der Waals surface area contributed by atoms with Gasteiger partial charge in [-0.3, -0.25) is 0 Å². The van der Waals surface area contributed by atoms with Crippen LogP contribution in [0.4, 0.5) is 14.5 Å². The number of hydrogen-bond donors (Lipinski definition) is 0. The zero-order chi connectivity index (χ0) is 29.4. The van der Waals surface area contributed by atoms with E-state index in [2.05, 4.69) is 4.40 Å². The van der Waals surface area contributed by atoms with Gasteiger partial charge in [0.05, 0.1) is 24.0 Å². The molecule has 8 nitrogen and oxygen atoms in total. The molecule has 2 aliphatic rings. The van der Waals surface area contributed by atoms with Gasteiger partial charge in [-0.2, -0.15) is 12.7 Å². The first-order valence-corrected chi connectivity index (χ1v) is 15.1. The lowest BCUT2D eigenvalue weighted by molar-refractivity contribution is -0.565. The Morgan fingerprint density at radius 2 is 1.63 bits per heavy atom. The third kappa shape index (κ3) is 6.27. The van der Waals surface area contributed by atoms with Gasteiger partial charge < -0.3 is 4.90 Å². The summed E-state index contributed by atoms with van der Waals surface area (Å²) in [6.45, 7) is 1.35. The molecule has 2 atom stereocenters. The summed E-state index contributed by atoms with van der Waals surface area (Å²) in [5.74, 6) is -3.06. The molecule has 0 saturated carbocycles. The van der Waals surface area contributed by atoms with Crippen molar-refractivity contribution >= 4 is 39.2 Å². The highest BCUT2D eigenvalue weighted by Gasteiger charge is 2.46. The van der Waals surface area contributed by atoms with Crippen LogP contribution < -0.4 is 9.47 Å². The summed E-state index contributed by atoms with van der Waals surface area (Å²) in [5.41, 5.74) is 3.48. The Morgan fingerprint density at radius 1 is 1.02 bits per heavy atom. The van der Waals surface area contributed by atoms with Crippen molar-refractivity contribution in [1.82, 2.24) is 9.31 Å². The fourth-order valence-corrected chi connectivity index (χ4v) is 6.35. The van der Waals surface area contributed by atoms with Crippen molar-refractivity contribution in [2.75, 3.05) is 32.1 Å². The Hall–Kier alpha value is -3.41. The first-order chi connectivity index (χ1) is 19.4. The Kier molecular flexibility index (Phi) is 8.13. The normalized spacial score (nSPS) is 21.6. The van der Waals surface area contributed by atoms with Crippen LogP contribution in [0.5, 0.6) is 0 Å². The van der Waals surface area contributed by atoms with E-state index in [4.69, 9.17) is 16.7 Å². The zero-order valence-electron chi connectivity index (χ0n) is 23.0. The molecule has 0 amide bonds. The first kappa shape index (κ1) is 29.1. The van der Waals surface area contributed by atoms with Gasteiger partial charge in [0.15, 0.2) is 0 Å². The molecule has 1 saturated heterocycles. The van der Waals surface area contributed by atoms with Gasteiger partial charge in [-0.15, -0.1) is 10.1 Å². The molecule has 1 fully saturated rings. The molecule has 0 bridgehead atoms. The predicted molar refractivity (Wildman–Crippen MR) is 157 cm³/mol. The van der Waals surface area contributed by atoms with Crippen LogP contribution in [0.2, 0.25) is 5.02 Å². The van der Waals surface area contributed by atoms with Crippen molar-refractivity contribution in [3.05, 3.63) is 95.3 Å². The first-order valence-electron chi connectivity index (χ1n) is 13.3. The predicted octanol–water partition coefficient (Wildman–Crippen LogP) is 4.77. The second-order valence-corrected chi connectivity index (χ2v) is 12.5. The lowest BCUT2D eigenvalue weighted by atomic mass is 9.86. The minimum atomic E-state index is -4.31. The van der Waals surface area contributed by atoms with Crippen LogP contribution in [0.15, 0.2) is 88.6 Å². The fraction of sp³-hybridized carbons (Fsp3) is 0.345. The van der Waals surface area contributed by atoms with Crippen molar-refractivity contribution < 1.29 is 21.8 Å². The van der Waals surface area contributed by atoms with Crippen LogP contribution in [-0.4, -0.2) is 68.6 Å². The highest BCUT2D eigenvalue weighted by molar-refractivity contribution is 7.87. The minimum Gasteiger partial charge on any atom is -0.377 e. The van der Waals surface area contributed by atoms with Crippen LogP contribution in [0.1, 0.15) is 36.8 Å². The minimum absolute atomic E-state index is 0.0463. The maximum atomic E-state index is 13.8. The van der Waals surface area contributed by atoms with E-state index in [0.29, 0.717) is 5.02 Å². The molecule has 3 aromatic rings. The third-order valence-corrected chi connectivity index (χ3v) is 9.08. The second kappa shape index (κ2) is 11.5. The summed E-state index contributed by atoms with van der Waals surface area (Å²) >= 11 is 6.16. The van der Waals surface area contributed by atoms with Gasteiger partial charge in [0.2, 0.25) is 0 Å². The molecular formula is C29H32ClF2N6O2S+. The quantitative estimate of drug-likeness (QED) is 0.240. The molecule has 2 aliphatic heterocycles. The van der Waals surface area contributed by atoms with E-state index in [0.717, 1.165) is 26.8 Å². The van der Waals surface area contributed by atoms with Crippen molar-refractivity contribution in [3.63, 3.8) is 0 Å². The van der Waals surface area contributed by atoms with Gasteiger partial charge in [-0.05, 0) is 42.3 Å². The number of benzene rings is 2. The topological polar surface area (TPSA) is 72.5 Å². The summed E-state index contributed by atoms with van der Waals surface area (Å²) in [6, 6.07) is 20.5. The molecule has 1 aromatic heterocycles. The van der Waals surface area contributed by atoms with E-state index >= 15 is 0 Å². The summed E-state index contributed by atoms with van der Waals surface area (Å²) in [4.78, 5) is 1.92. The summed E-state index contributed by atoms with van der Waals surface area (Å²) in [5, 5.41) is 7.15. The Labute approximate surface area is 244 Å². The molecule has 0 radical (unpaired) electrons. The van der Waals surface area contributed by atoms with Crippen molar-refractivity contribution in [2.45, 2.75) is 37.6 Å². The monoisotopic (exact) mass is 601 g/mol. The Morgan fingerprint density at radius 3 is 2.22 bits per heavy atom. The zero-order valence-corrected chi connectivity index (χ0v) is 24.6. The summed E-state index contributed by atoms with van der Waals surface area (Å²) < 4.78 is 61.6. The van der Waals surface area contributed by atoms with Gasteiger partial charge >= 0.3 is 16.2 Å². The molecule has 0 N–H and O–H groups in total. The van der Waals surface area contributed by atoms with Gasteiger partial charge in [-0.25, -0.2) is 13.3 Å². The number of hydrogen-bond acceptors (Lipinski definition) is 4. The number of rotatable bonds is 5. The standard InChI is InChI=1S/C29H32ClF2N6O2S/c1-21-26(22-7-5-4-6-8-22)27(23-9-11-24(30)12-10-23)33-38(21)28(36-17-13-25(14-18-36)35(2)3)34-41(39,40)37-19-15-29(31,32)16-20-37/h4-14,17-18,21,26H,15-16,19-20H2,1-3H3/q+1. The molecule has 2 unspecified atom stereocenters. The Balaban J connectivity index is 1.63. The lowest BCUT2D eigenvalue weighted by Crippen LogP contribution is -2.54. The number of hydrazone groups is 1. The number of piperidine rings is 1. The number of nitrogens with zero attached hydrogens (tertiary/aromatic N) is 6. The van der Waals surface area contributed by atoms with Gasteiger partial charge in [0, 0.05) is 55.1 Å². The lowest BCUT2D eigenvalue weighted by Gasteiger charge is -2.28. The van der Waals surface area contributed by atoms with E-state index in [9.17, 15) is 17.2 Å². The van der Waals surface area contributed by atoms with E-state index in [1.807, 2.05) is 80.5 Å². The van der Waals surface area contributed by atoms with Crippen LogP contribution >= 0.6 is 11.6 Å². The van der Waals surface area contributed by atoms with E-state index in [1.165, 1.54) is 0 Å². The molecule has 0 spiro atoms. The van der Waals surface area contributed by atoms with E-state index in [1.54, 1.807) is 34.1 Å². The molecule has 5 rings (SSSR count). The van der Waals surface area contributed by atoms with E-state index < -0.39 is 29.0 Å². The van der Waals surface area contributed by atoms with Crippen LogP contribution in [0.25, 0.3) is 0 Å². The molecule has 41 heavy (non-hydrogen) atoms. The molecule has 0 aliphatic carbocycles. The summed E-state index contributed by atoms with van der Waals surface area (Å²) in [7, 11) is -0.502. The van der Waals surface area contributed by atoms with Gasteiger partial charge in [-0.1, -0.05) is 54.1 Å². The maximum absolute atomic E-state index is 13.8. The molecule has 216 valence electrons. The summed E-state index contributed by atoms with van der Waals surface area (Å²) in [6.07, 6.45) is 2.34. The highest BCUT2D eigenvalue weighted by atomic mass is 35.5. The van der Waals surface area contributed by atoms with Crippen LogP contribution in [-0.2, 0) is 10.2 Å². The average molecular weight is 602 g/mol. The smallest absolute Gasteiger partial charge is 0.377 e. The SMILES string of the molecule is CC1C(c2ccccc2)C(c2ccc(Cl)cc2)=NN1C(=NS(=O)(=O)N1CCC(F)(F)CC1)[n+]1ccc(N(C)C)cc1. The van der Waals surface area contributed by atoms with Crippen LogP contribution in [0, 0.1) is 0 Å². The average Bonchev–Trinajstić information content (AvgIpc) is 3.29. The van der Waals surface area contributed by atoms with Gasteiger partial charge in [0.25, 0.3) is 5.92 Å². The van der Waals surface area contributed by atoms with Crippen molar-refractivity contribution in [1.29, 1.82) is 0 Å². The van der Waals surface area contributed by atoms with Gasteiger partial charge in [0.1, 0.15) is 6.04 Å². The molecule has 3 heterocycles. The number of aromatic nitrogens is 1.